The Bertz CT molecular complexity index is 663. The second-order valence-electron chi connectivity index (χ2n) is 3.89. The smallest absolute Gasteiger partial charge is 0.362 e. The van der Waals surface area contributed by atoms with Gasteiger partial charge in [-0.25, -0.2) is 9.59 Å². The molecule has 0 aliphatic carbocycles. The summed E-state index contributed by atoms with van der Waals surface area (Å²) in [4.78, 5) is 22.8. The van der Waals surface area contributed by atoms with Gasteiger partial charge in [0.2, 0.25) is 0 Å². The number of para-hydroxylation sites is 2. The maximum Gasteiger partial charge on any atom is 0.362 e. The molecule has 20 heavy (non-hydrogen) atoms. The molecule has 0 bridgehead atoms. The normalized spacial score (nSPS) is 10.2. The van der Waals surface area contributed by atoms with Gasteiger partial charge >= 0.3 is 11.9 Å². The third-order valence-electron chi connectivity index (χ3n) is 2.58. The van der Waals surface area contributed by atoms with Crippen molar-refractivity contribution in [1.82, 2.24) is 9.78 Å². The van der Waals surface area contributed by atoms with Crippen molar-refractivity contribution >= 4 is 11.9 Å². The Kier molecular flexibility index (Phi) is 3.69. The molecule has 7 heteroatoms. The number of hydrogen-bond acceptors (Lipinski definition) is 5. The number of carboxylic acid groups (broad SMARTS) is 1. The minimum absolute atomic E-state index is 0.00164. The van der Waals surface area contributed by atoms with E-state index in [2.05, 4.69) is 5.10 Å². The van der Waals surface area contributed by atoms with Gasteiger partial charge in [0.25, 0.3) is 0 Å². The lowest BCUT2D eigenvalue weighted by atomic mass is 10.3. The summed E-state index contributed by atoms with van der Waals surface area (Å²) in [5.41, 5.74) is -0.232. The van der Waals surface area contributed by atoms with Gasteiger partial charge in [0.15, 0.2) is 17.2 Å². The largest absolute Gasteiger partial charge is 0.504 e. The molecule has 2 rings (SSSR count). The molecule has 0 aliphatic rings. The van der Waals surface area contributed by atoms with Gasteiger partial charge in [-0.2, -0.15) is 5.10 Å². The molecule has 1 aromatic heterocycles. The summed E-state index contributed by atoms with van der Waals surface area (Å²) >= 11 is 0. The number of carbonyl (C=O) groups excluding carboxylic acids is 1. The lowest BCUT2D eigenvalue weighted by Crippen LogP contribution is -2.15. The van der Waals surface area contributed by atoms with E-state index in [0.29, 0.717) is 6.54 Å². The van der Waals surface area contributed by atoms with Gasteiger partial charge < -0.3 is 14.9 Å². The molecular formula is C13H12N2O5. The number of ether oxygens (including phenoxy) is 1. The Hall–Kier alpha value is -2.83. The van der Waals surface area contributed by atoms with Crippen LogP contribution >= 0.6 is 0 Å². The predicted molar refractivity (Wildman–Crippen MR) is 67.9 cm³/mol. The van der Waals surface area contributed by atoms with Crippen molar-refractivity contribution in [3.8, 4) is 11.5 Å². The first kappa shape index (κ1) is 13.6. The highest BCUT2D eigenvalue weighted by Gasteiger charge is 2.20. The van der Waals surface area contributed by atoms with Crippen LogP contribution in [0.3, 0.4) is 0 Å². The molecule has 0 spiro atoms. The molecule has 0 aliphatic heterocycles. The van der Waals surface area contributed by atoms with Gasteiger partial charge in [-0.1, -0.05) is 12.1 Å². The SMILES string of the molecule is CCn1nc(C(=O)O)cc1C(=O)Oc1ccccc1O. The van der Waals surface area contributed by atoms with Gasteiger partial charge in [0, 0.05) is 12.6 Å². The van der Waals surface area contributed by atoms with Crippen molar-refractivity contribution in [2.45, 2.75) is 13.5 Å². The third kappa shape index (κ3) is 2.61. The number of aryl methyl sites for hydroxylation is 1. The number of nitrogens with zero attached hydrogens (tertiary/aromatic N) is 2. The van der Waals surface area contributed by atoms with E-state index >= 15 is 0 Å². The Balaban J connectivity index is 2.29. The Morgan fingerprint density at radius 1 is 1.35 bits per heavy atom. The summed E-state index contributed by atoms with van der Waals surface area (Å²) in [6.45, 7) is 2.04. The summed E-state index contributed by atoms with van der Waals surface area (Å²) < 4.78 is 6.25. The van der Waals surface area contributed by atoms with Crippen LogP contribution in [0.2, 0.25) is 0 Å². The number of carbonyl (C=O) groups is 2. The third-order valence-corrected chi connectivity index (χ3v) is 2.58. The summed E-state index contributed by atoms with van der Waals surface area (Å²) in [6, 6.07) is 7.13. The number of carboxylic acids is 1. The van der Waals surface area contributed by atoms with Crippen LogP contribution in [0.5, 0.6) is 11.5 Å². The molecule has 2 aromatic rings. The molecule has 2 N–H and O–H groups in total. The van der Waals surface area contributed by atoms with E-state index in [1.807, 2.05) is 0 Å². The molecule has 0 saturated heterocycles. The quantitative estimate of drug-likeness (QED) is 0.648. The highest BCUT2D eigenvalue weighted by molar-refractivity contribution is 5.93. The standard InChI is InChI=1S/C13H12N2O5/c1-2-15-9(7-8(14-15)12(17)18)13(19)20-11-6-4-3-5-10(11)16/h3-7,16H,2H2,1H3,(H,17,18). The van der Waals surface area contributed by atoms with Gasteiger partial charge in [-0.05, 0) is 19.1 Å². The van der Waals surface area contributed by atoms with Crippen molar-refractivity contribution in [3.05, 3.63) is 41.7 Å². The number of aromatic carboxylic acids is 1. The number of phenols is 1. The van der Waals surface area contributed by atoms with E-state index in [9.17, 15) is 14.7 Å². The predicted octanol–water partition coefficient (Wildman–Crippen LogP) is 1.53. The van der Waals surface area contributed by atoms with Crippen LogP contribution in [0.15, 0.2) is 30.3 Å². The fourth-order valence-corrected chi connectivity index (χ4v) is 1.62. The molecular weight excluding hydrogens is 264 g/mol. The average molecular weight is 276 g/mol. The molecule has 0 saturated carbocycles. The van der Waals surface area contributed by atoms with E-state index in [1.165, 1.54) is 16.8 Å². The van der Waals surface area contributed by atoms with Crippen molar-refractivity contribution in [3.63, 3.8) is 0 Å². The molecule has 0 unspecified atom stereocenters. The zero-order chi connectivity index (χ0) is 14.7. The number of benzene rings is 1. The Labute approximate surface area is 114 Å². The summed E-state index contributed by atoms with van der Waals surface area (Å²) in [7, 11) is 0. The van der Waals surface area contributed by atoms with Crippen LogP contribution in [-0.4, -0.2) is 31.9 Å². The lowest BCUT2D eigenvalue weighted by Gasteiger charge is -2.06. The number of esters is 1. The minimum atomic E-state index is -1.23. The number of phenolic OH excluding ortho intramolecular Hbond substituents is 1. The van der Waals surface area contributed by atoms with Crippen molar-refractivity contribution in [2.24, 2.45) is 0 Å². The molecule has 7 nitrogen and oxygen atoms in total. The molecule has 1 heterocycles. The number of aromatic nitrogens is 2. The van der Waals surface area contributed by atoms with Crippen LogP contribution in [0.4, 0.5) is 0 Å². The highest BCUT2D eigenvalue weighted by Crippen LogP contribution is 2.25. The second kappa shape index (κ2) is 5.43. The van der Waals surface area contributed by atoms with Crippen LogP contribution < -0.4 is 4.74 Å². The zero-order valence-electron chi connectivity index (χ0n) is 10.6. The van der Waals surface area contributed by atoms with Gasteiger partial charge in [0.1, 0.15) is 5.69 Å². The highest BCUT2D eigenvalue weighted by atomic mass is 16.5. The lowest BCUT2D eigenvalue weighted by molar-refractivity contribution is 0.0686. The van der Waals surface area contributed by atoms with E-state index < -0.39 is 11.9 Å². The summed E-state index contributed by atoms with van der Waals surface area (Å²) in [5, 5.41) is 22.2. The maximum absolute atomic E-state index is 12.0. The number of hydrogen-bond donors (Lipinski definition) is 2. The van der Waals surface area contributed by atoms with Crippen molar-refractivity contribution in [2.75, 3.05) is 0 Å². The van der Waals surface area contributed by atoms with Crippen molar-refractivity contribution < 1.29 is 24.5 Å². The first-order chi connectivity index (χ1) is 9.52. The average Bonchev–Trinajstić information content (AvgIpc) is 2.85. The minimum Gasteiger partial charge on any atom is -0.504 e. The molecule has 0 radical (unpaired) electrons. The first-order valence-electron chi connectivity index (χ1n) is 5.84. The second-order valence-corrected chi connectivity index (χ2v) is 3.89. The van der Waals surface area contributed by atoms with Crippen molar-refractivity contribution in [1.29, 1.82) is 0 Å². The molecule has 1 aromatic carbocycles. The Morgan fingerprint density at radius 3 is 2.65 bits per heavy atom. The van der Waals surface area contributed by atoms with E-state index in [1.54, 1.807) is 19.1 Å². The molecule has 0 fully saturated rings. The van der Waals surface area contributed by atoms with E-state index in [0.717, 1.165) is 6.07 Å². The van der Waals surface area contributed by atoms with E-state index in [4.69, 9.17) is 9.84 Å². The van der Waals surface area contributed by atoms with Gasteiger partial charge in [-0.3, -0.25) is 4.68 Å². The summed E-state index contributed by atoms with van der Waals surface area (Å²) in [6.07, 6.45) is 0. The fraction of sp³-hybridized carbons (Fsp3) is 0.154. The van der Waals surface area contributed by atoms with Crippen LogP contribution in [-0.2, 0) is 6.54 Å². The molecule has 0 amide bonds. The topological polar surface area (TPSA) is 102 Å². The fourth-order valence-electron chi connectivity index (χ4n) is 1.62. The monoisotopic (exact) mass is 276 g/mol. The first-order valence-corrected chi connectivity index (χ1v) is 5.84. The van der Waals surface area contributed by atoms with Crippen LogP contribution in [0.1, 0.15) is 27.9 Å². The summed E-state index contributed by atoms with van der Waals surface area (Å²) in [5.74, 6) is -2.19. The number of aromatic hydroxyl groups is 1. The molecule has 0 atom stereocenters. The maximum atomic E-state index is 12.0. The number of rotatable bonds is 4. The van der Waals surface area contributed by atoms with Gasteiger partial charge in [-0.15, -0.1) is 0 Å². The molecule has 104 valence electrons. The zero-order valence-corrected chi connectivity index (χ0v) is 10.6. The Morgan fingerprint density at radius 2 is 2.05 bits per heavy atom. The van der Waals surface area contributed by atoms with Gasteiger partial charge in [0.05, 0.1) is 0 Å². The van der Waals surface area contributed by atoms with E-state index in [-0.39, 0.29) is 22.9 Å². The van der Waals surface area contributed by atoms with Crippen LogP contribution in [0, 0.1) is 0 Å². The van der Waals surface area contributed by atoms with Crippen LogP contribution in [0.25, 0.3) is 0 Å².